The number of ether oxygens (including phenoxy) is 2. The van der Waals surface area contributed by atoms with Gasteiger partial charge >= 0.3 is 5.97 Å². The van der Waals surface area contributed by atoms with Gasteiger partial charge in [0.1, 0.15) is 5.75 Å². The highest BCUT2D eigenvalue weighted by molar-refractivity contribution is 9.09. The minimum atomic E-state index is -0.785. The molecule has 0 heterocycles. The van der Waals surface area contributed by atoms with Gasteiger partial charge in [0.2, 0.25) is 5.01 Å². The molecule has 0 aromatic heterocycles. The van der Waals surface area contributed by atoms with Crippen molar-refractivity contribution in [2.75, 3.05) is 6.61 Å². The van der Waals surface area contributed by atoms with Crippen LogP contribution in [-0.2, 0) is 9.53 Å². The van der Waals surface area contributed by atoms with Crippen molar-refractivity contribution >= 4 is 45.1 Å². The molecule has 1 aromatic rings. The van der Waals surface area contributed by atoms with Crippen LogP contribution in [0.25, 0.3) is 0 Å². The molecular formula is C10H9BrCl2O3. The fourth-order valence-electron chi connectivity index (χ4n) is 0.917. The minimum Gasteiger partial charge on any atom is -0.424 e. The van der Waals surface area contributed by atoms with Crippen LogP contribution in [0.15, 0.2) is 18.2 Å². The Morgan fingerprint density at radius 2 is 2.12 bits per heavy atom. The molecule has 0 amide bonds. The first-order valence-electron chi connectivity index (χ1n) is 4.47. The molecule has 1 atom stereocenters. The van der Waals surface area contributed by atoms with Gasteiger partial charge in [-0.05, 0) is 35.0 Å². The highest BCUT2D eigenvalue weighted by atomic mass is 79.9. The quantitative estimate of drug-likeness (QED) is 0.481. The van der Waals surface area contributed by atoms with Crippen molar-refractivity contribution in [3.8, 4) is 5.75 Å². The number of alkyl halides is 1. The first kappa shape index (κ1) is 13.8. The van der Waals surface area contributed by atoms with Crippen LogP contribution < -0.4 is 4.74 Å². The van der Waals surface area contributed by atoms with E-state index in [0.29, 0.717) is 22.4 Å². The van der Waals surface area contributed by atoms with Gasteiger partial charge in [0.25, 0.3) is 0 Å². The molecule has 0 saturated heterocycles. The summed E-state index contributed by atoms with van der Waals surface area (Å²) in [6.07, 6.45) is 0. The Balaban J connectivity index is 2.66. The number of carbonyl (C=O) groups is 1. The molecule has 0 saturated carbocycles. The summed E-state index contributed by atoms with van der Waals surface area (Å²) in [5.74, 6) is -0.219. The molecule has 1 unspecified atom stereocenters. The summed E-state index contributed by atoms with van der Waals surface area (Å²) in [6.45, 7) is 2.19. The molecule has 0 N–H and O–H groups in total. The van der Waals surface area contributed by atoms with Crippen LogP contribution >= 0.6 is 39.1 Å². The largest absolute Gasteiger partial charge is 0.424 e. The molecule has 3 nitrogen and oxygen atoms in total. The van der Waals surface area contributed by atoms with Gasteiger partial charge in [0.05, 0.1) is 10.0 Å². The fraction of sp³-hybridized carbons (Fsp3) is 0.300. The Morgan fingerprint density at radius 1 is 1.44 bits per heavy atom. The summed E-state index contributed by atoms with van der Waals surface area (Å²) >= 11 is 14.5. The van der Waals surface area contributed by atoms with Crippen molar-refractivity contribution in [1.82, 2.24) is 0 Å². The van der Waals surface area contributed by atoms with E-state index in [9.17, 15) is 4.79 Å². The summed E-state index contributed by atoms with van der Waals surface area (Å²) in [6, 6.07) is 4.57. The third-order valence-corrected chi connectivity index (χ3v) is 2.99. The number of benzene rings is 1. The summed E-state index contributed by atoms with van der Waals surface area (Å²) in [5, 5.41) is -0.0527. The van der Waals surface area contributed by atoms with Gasteiger partial charge in [0, 0.05) is 12.7 Å². The lowest BCUT2D eigenvalue weighted by molar-refractivity contribution is -0.141. The second kappa shape index (κ2) is 6.45. The number of hydrogen-bond donors (Lipinski definition) is 0. The topological polar surface area (TPSA) is 35.5 Å². The molecule has 0 aliphatic rings. The maximum atomic E-state index is 11.4. The lowest BCUT2D eigenvalue weighted by Crippen LogP contribution is -2.23. The van der Waals surface area contributed by atoms with Crippen LogP contribution in [0.1, 0.15) is 6.92 Å². The third-order valence-electron chi connectivity index (χ3n) is 1.61. The van der Waals surface area contributed by atoms with Gasteiger partial charge < -0.3 is 9.47 Å². The van der Waals surface area contributed by atoms with Crippen LogP contribution in [0.5, 0.6) is 5.75 Å². The van der Waals surface area contributed by atoms with E-state index >= 15 is 0 Å². The number of rotatable bonds is 4. The van der Waals surface area contributed by atoms with Gasteiger partial charge in [-0.15, -0.1) is 0 Å². The second-order valence-electron chi connectivity index (χ2n) is 2.77. The zero-order valence-electron chi connectivity index (χ0n) is 8.38. The van der Waals surface area contributed by atoms with Gasteiger partial charge in [-0.1, -0.05) is 23.2 Å². The van der Waals surface area contributed by atoms with Crippen LogP contribution in [0.4, 0.5) is 0 Å². The van der Waals surface area contributed by atoms with Crippen molar-refractivity contribution in [1.29, 1.82) is 0 Å². The predicted molar refractivity (Wildman–Crippen MR) is 66.4 cm³/mol. The van der Waals surface area contributed by atoms with Crippen molar-refractivity contribution in [3.05, 3.63) is 28.2 Å². The van der Waals surface area contributed by atoms with Gasteiger partial charge in [-0.25, -0.2) is 4.79 Å². The van der Waals surface area contributed by atoms with E-state index < -0.39 is 11.0 Å². The average Bonchev–Trinajstić information content (AvgIpc) is 2.24. The normalized spacial score (nSPS) is 12.2. The van der Waals surface area contributed by atoms with Crippen LogP contribution in [0.3, 0.4) is 0 Å². The molecule has 0 aliphatic carbocycles. The lowest BCUT2D eigenvalue weighted by atomic mass is 10.3. The summed E-state index contributed by atoms with van der Waals surface area (Å²) in [5.41, 5.74) is 0. The molecule has 16 heavy (non-hydrogen) atoms. The maximum absolute atomic E-state index is 11.4. The first-order chi connectivity index (χ1) is 7.54. The van der Waals surface area contributed by atoms with Gasteiger partial charge in [-0.2, -0.15) is 0 Å². The lowest BCUT2D eigenvalue weighted by Gasteiger charge is -2.09. The molecule has 6 heteroatoms. The molecule has 0 radical (unpaired) electrons. The number of carbonyl (C=O) groups excluding carboxylic acids is 1. The van der Waals surface area contributed by atoms with Crippen LogP contribution in [0.2, 0.25) is 10.0 Å². The average molecular weight is 328 g/mol. The molecule has 0 aliphatic heterocycles. The molecular weight excluding hydrogens is 319 g/mol. The highest BCUT2D eigenvalue weighted by Crippen LogP contribution is 2.26. The summed E-state index contributed by atoms with van der Waals surface area (Å²) in [7, 11) is 0. The molecule has 88 valence electrons. The fourth-order valence-corrected chi connectivity index (χ4v) is 1.56. The number of esters is 1. The first-order valence-corrected chi connectivity index (χ1v) is 6.14. The standard InChI is InChI=1S/C10H9BrCl2O3/c1-2-15-9(11)10(14)16-6-3-4-7(12)8(13)5-6/h3-5,9H,2H2,1H3. The van der Waals surface area contributed by atoms with Crippen molar-refractivity contribution in [3.63, 3.8) is 0 Å². The van der Waals surface area contributed by atoms with E-state index in [1.54, 1.807) is 19.1 Å². The molecule has 0 spiro atoms. The molecule has 0 fully saturated rings. The van der Waals surface area contributed by atoms with Crippen molar-refractivity contribution < 1.29 is 14.3 Å². The number of hydrogen-bond acceptors (Lipinski definition) is 3. The van der Waals surface area contributed by atoms with E-state index in [2.05, 4.69) is 15.9 Å². The van der Waals surface area contributed by atoms with Crippen LogP contribution in [0, 0.1) is 0 Å². The smallest absolute Gasteiger partial charge is 0.351 e. The van der Waals surface area contributed by atoms with Gasteiger partial charge in [-0.3, -0.25) is 0 Å². The summed E-state index contributed by atoms with van der Waals surface area (Å²) < 4.78 is 10.0. The molecule has 1 rings (SSSR count). The Hall–Kier alpha value is -0.290. The molecule has 1 aromatic carbocycles. The highest BCUT2D eigenvalue weighted by Gasteiger charge is 2.17. The van der Waals surface area contributed by atoms with E-state index in [-0.39, 0.29) is 0 Å². The van der Waals surface area contributed by atoms with E-state index in [4.69, 9.17) is 32.7 Å². The zero-order valence-corrected chi connectivity index (χ0v) is 11.5. The SMILES string of the molecule is CCOC(Br)C(=O)Oc1ccc(Cl)c(Cl)c1. The Labute approximate surface area is 112 Å². The second-order valence-corrected chi connectivity index (χ2v) is 4.41. The minimum absolute atomic E-state index is 0.323. The zero-order chi connectivity index (χ0) is 12.1. The van der Waals surface area contributed by atoms with E-state index in [0.717, 1.165) is 0 Å². The predicted octanol–water partition coefficient (Wildman–Crippen LogP) is 3.66. The van der Waals surface area contributed by atoms with Crippen LogP contribution in [-0.4, -0.2) is 17.6 Å². The Kier molecular flexibility index (Phi) is 5.55. The maximum Gasteiger partial charge on any atom is 0.351 e. The Bertz CT molecular complexity index is 384. The monoisotopic (exact) mass is 326 g/mol. The summed E-state index contributed by atoms with van der Waals surface area (Å²) in [4.78, 5) is 11.4. The Morgan fingerprint density at radius 3 is 2.69 bits per heavy atom. The van der Waals surface area contributed by atoms with E-state index in [1.165, 1.54) is 6.07 Å². The molecule has 0 bridgehead atoms. The van der Waals surface area contributed by atoms with Crippen molar-refractivity contribution in [2.45, 2.75) is 11.9 Å². The third kappa shape index (κ3) is 3.94. The van der Waals surface area contributed by atoms with E-state index in [1.807, 2.05) is 0 Å². The number of halogens is 3. The van der Waals surface area contributed by atoms with Crippen molar-refractivity contribution in [2.24, 2.45) is 0 Å². The van der Waals surface area contributed by atoms with Gasteiger partial charge in [0.15, 0.2) is 0 Å².